The summed E-state index contributed by atoms with van der Waals surface area (Å²) in [5, 5.41) is 2.37. The number of likely N-dealkylation sites (tertiary alicyclic amines) is 1. The van der Waals surface area contributed by atoms with Gasteiger partial charge in [0.05, 0.1) is 13.2 Å². The predicted molar refractivity (Wildman–Crippen MR) is 123 cm³/mol. The summed E-state index contributed by atoms with van der Waals surface area (Å²) in [4.78, 5) is 43.3. The summed E-state index contributed by atoms with van der Waals surface area (Å²) in [5.74, 6) is -0.185. The van der Waals surface area contributed by atoms with Gasteiger partial charge in [0.25, 0.3) is 5.91 Å². The summed E-state index contributed by atoms with van der Waals surface area (Å²) in [6.45, 7) is 8.85. The third-order valence-electron chi connectivity index (χ3n) is 7.66. The van der Waals surface area contributed by atoms with Crippen molar-refractivity contribution in [2.75, 3.05) is 52.5 Å². The van der Waals surface area contributed by atoms with E-state index in [0.29, 0.717) is 24.4 Å². The van der Waals surface area contributed by atoms with Crippen LogP contribution in [0.4, 0.5) is 0 Å². The van der Waals surface area contributed by atoms with Crippen molar-refractivity contribution in [3.63, 3.8) is 0 Å². The zero-order valence-electron chi connectivity index (χ0n) is 19.3. The normalized spacial score (nSPS) is 25.4. The summed E-state index contributed by atoms with van der Waals surface area (Å²) < 4.78 is 5.43. The SMILES string of the molecule is O=C1CCC(N2Cc3cc(C4CCN(CCCN5CCOCC5)CC4)ccc3C2=O)C(=O)N1. The number of benzene rings is 1. The van der Waals surface area contributed by atoms with Crippen molar-refractivity contribution >= 4 is 17.7 Å². The van der Waals surface area contributed by atoms with Gasteiger partial charge in [0.1, 0.15) is 6.04 Å². The quantitative estimate of drug-likeness (QED) is 0.654. The molecule has 8 heteroatoms. The number of piperidine rings is 2. The molecule has 4 heterocycles. The number of nitrogens with zero attached hydrogens (tertiary/aromatic N) is 3. The van der Waals surface area contributed by atoms with Crippen LogP contribution in [0.2, 0.25) is 0 Å². The van der Waals surface area contributed by atoms with Crippen molar-refractivity contribution in [2.45, 2.75) is 50.6 Å². The van der Waals surface area contributed by atoms with Gasteiger partial charge in [-0.3, -0.25) is 24.6 Å². The Balaban J connectivity index is 1.13. The van der Waals surface area contributed by atoms with Crippen molar-refractivity contribution in [3.8, 4) is 0 Å². The molecule has 1 N–H and O–H groups in total. The number of nitrogens with one attached hydrogen (secondary N) is 1. The smallest absolute Gasteiger partial charge is 0.255 e. The van der Waals surface area contributed by atoms with Gasteiger partial charge in [-0.15, -0.1) is 0 Å². The van der Waals surface area contributed by atoms with Gasteiger partial charge in [-0.1, -0.05) is 12.1 Å². The van der Waals surface area contributed by atoms with Crippen LogP contribution in [0.5, 0.6) is 0 Å². The van der Waals surface area contributed by atoms with Crippen LogP contribution < -0.4 is 5.32 Å². The highest BCUT2D eigenvalue weighted by Crippen LogP contribution is 2.33. The maximum atomic E-state index is 12.9. The van der Waals surface area contributed by atoms with Crippen molar-refractivity contribution < 1.29 is 19.1 Å². The molecule has 33 heavy (non-hydrogen) atoms. The fraction of sp³-hybridized carbons (Fsp3) is 0.640. The van der Waals surface area contributed by atoms with Gasteiger partial charge in [-0.05, 0) is 75.0 Å². The van der Waals surface area contributed by atoms with Crippen molar-refractivity contribution in [2.24, 2.45) is 0 Å². The average Bonchev–Trinajstić information content (AvgIpc) is 3.16. The zero-order chi connectivity index (χ0) is 22.8. The van der Waals surface area contributed by atoms with E-state index >= 15 is 0 Å². The summed E-state index contributed by atoms with van der Waals surface area (Å²) in [5.41, 5.74) is 3.01. The fourth-order valence-electron chi connectivity index (χ4n) is 5.68. The minimum absolute atomic E-state index is 0.0962. The number of morpholine rings is 1. The number of hydrogen-bond donors (Lipinski definition) is 1. The van der Waals surface area contributed by atoms with E-state index in [1.54, 1.807) is 4.90 Å². The first-order valence-electron chi connectivity index (χ1n) is 12.4. The zero-order valence-corrected chi connectivity index (χ0v) is 19.3. The number of carbonyl (C=O) groups excluding carboxylic acids is 3. The molecule has 0 saturated carbocycles. The lowest BCUT2D eigenvalue weighted by Crippen LogP contribution is -2.52. The van der Waals surface area contributed by atoms with Crippen LogP contribution in [0, 0.1) is 0 Å². The molecule has 5 rings (SSSR count). The monoisotopic (exact) mass is 454 g/mol. The number of fused-ring (bicyclic) bond motifs is 1. The molecule has 3 saturated heterocycles. The summed E-state index contributed by atoms with van der Waals surface area (Å²) >= 11 is 0. The van der Waals surface area contributed by atoms with E-state index in [1.807, 2.05) is 6.07 Å². The van der Waals surface area contributed by atoms with E-state index in [9.17, 15) is 14.4 Å². The Morgan fingerprint density at radius 1 is 0.939 bits per heavy atom. The van der Waals surface area contributed by atoms with Gasteiger partial charge in [-0.2, -0.15) is 0 Å². The van der Waals surface area contributed by atoms with Crippen LogP contribution in [0.15, 0.2) is 18.2 Å². The maximum absolute atomic E-state index is 12.9. The minimum atomic E-state index is -0.549. The number of carbonyl (C=O) groups is 3. The minimum Gasteiger partial charge on any atom is -0.379 e. The van der Waals surface area contributed by atoms with E-state index in [0.717, 1.165) is 70.9 Å². The largest absolute Gasteiger partial charge is 0.379 e. The Bertz CT molecular complexity index is 906. The maximum Gasteiger partial charge on any atom is 0.255 e. The summed E-state index contributed by atoms with van der Waals surface area (Å²) in [6.07, 6.45) is 4.18. The fourth-order valence-corrected chi connectivity index (χ4v) is 5.68. The van der Waals surface area contributed by atoms with Gasteiger partial charge in [0.2, 0.25) is 11.8 Å². The Morgan fingerprint density at radius 3 is 2.39 bits per heavy atom. The highest BCUT2D eigenvalue weighted by molar-refractivity contribution is 6.05. The van der Waals surface area contributed by atoms with E-state index in [4.69, 9.17) is 4.74 Å². The molecule has 1 aromatic rings. The molecule has 0 bridgehead atoms. The van der Waals surface area contributed by atoms with Crippen LogP contribution >= 0.6 is 0 Å². The molecule has 1 aromatic carbocycles. The van der Waals surface area contributed by atoms with Crippen LogP contribution in [0.3, 0.4) is 0 Å². The van der Waals surface area contributed by atoms with Crippen LogP contribution in [0.1, 0.15) is 59.5 Å². The van der Waals surface area contributed by atoms with E-state index in [-0.39, 0.29) is 24.1 Å². The third-order valence-corrected chi connectivity index (χ3v) is 7.66. The number of imide groups is 1. The molecule has 178 valence electrons. The molecule has 0 radical (unpaired) electrons. The number of ether oxygens (including phenoxy) is 1. The van der Waals surface area contributed by atoms with E-state index in [2.05, 4.69) is 27.2 Å². The number of amides is 3. The van der Waals surface area contributed by atoms with Gasteiger partial charge in [0, 0.05) is 31.6 Å². The number of rotatable bonds is 6. The lowest BCUT2D eigenvalue weighted by molar-refractivity contribution is -0.136. The highest BCUT2D eigenvalue weighted by Gasteiger charge is 2.39. The first-order chi connectivity index (χ1) is 16.1. The van der Waals surface area contributed by atoms with Gasteiger partial charge < -0.3 is 14.5 Å². The molecule has 1 unspecified atom stereocenters. The average molecular weight is 455 g/mol. The van der Waals surface area contributed by atoms with E-state index < -0.39 is 6.04 Å². The first kappa shape index (κ1) is 22.5. The second kappa shape index (κ2) is 9.91. The Kier molecular flexibility index (Phi) is 6.76. The second-order valence-electron chi connectivity index (χ2n) is 9.74. The molecular weight excluding hydrogens is 420 g/mol. The topological polar surface area (TPSA) is 82.2 Å². The molecule has 0 aliphatic carbocycles. The molecule has 3 fully saturated rings. The standard InChI is InChI=1S/C25H34N4O4/c30-23-5-4-22(24(31)26-23)29-17-20-16-19(2-3-21(20)25(29)32)18-6-10-27(11-7-18)8-1-9-28-12-14-33-15-13-28/h2-3,16,18,22H,1,4-15,17H2,(H,26,30,31). The van der Waals surface area contributed by atoms with Crippen LogP contribution in [0.25, 0.3) is 0 Å². The van der Waals surface area contributed by atoms with Crippen molar-refractivity contribution in [1.29, 1.82) is 0 Å². The first-order valence-corrected chi connectivity index (χ1v) is 12.4. The predicted octanol–water partition coefficient (Wildman–Crippen LogP) is 1.35. The van der Waals surface area contributed by atoms with Crippen molar-refractivity contribution in [3.05, 3.63) is 34.9 Å². The Hall–Kier alpha value is -2.29. The lowest BCUT2D eigenvalue weighted by Gasteiger charge is -2.33. The third kappa shape index (κ3) is 4.98. The van der Waals surface area contributed by atoms with Crippen LogP contribution in [-0.2, 0) is 20.9 Å². The second-order valence-corrected chi connectivity index (χ2v) is 9.74. The molecular formula is C25H34N4O4. The highest BCUT2D eigenvalue weighted by atomic mass is 16.5. The lowest BCUT2D eigenvalue weighted by atomic mass is 9.88. The molecule has 0 aromatic heterocycles. The molecule has 4 aliphatic heterocycles. The molecule has 0 spiro atoms. The molecule has 1 atom stereocenters. The van der Waals surface area contributed by atoms with Crippen molar-refractivity contribution in [1.82, 2.24) is 20.0 Å². The Morgan fingerprint density at radius 2 is 1.67 bits per heavy atom. The molecule has 3 amide bonds. The van der Waals surface area contributed by atoms with Gasteiger partial charge in [0.15, 0.2) is 0 Å². The van der Waals surface area contributed by atoms with Crippen LogP contribution in [-0.4, -0.2) is 90.9 Å². The van der Waals surface area contributed by atoms with Gasteiger partial charge in [-0.25, -0.2) is 0 Å². The summed E-state index contributed by atoms with van der Waals surface area (Å²) in [6, 6.07) is 5.67. The summed E-state index contributed by atoms with van der Waals surface area (Å²) in [7, 11) is 0. The number of hydrogen-bond acceptors (Lipinski definition) is 6. The van der Waals surface area contributed by atoms with E-state index in [1.165, 1.54) is 12.0 Å². The molecule has 8 nitrogen and oxygen atoms in total. The molecule has 4 aliphatic rings. The Labute approximate surface area is 195 Å². The van der Waals surface area contributed by atoms with Gasteiger partial charge >= 0.3 is 0 Å².